The quantitative estimate of drug-likeness (QED) is 0.580. The number of hydrogen-bond acceptors (Lipinski definition) is 1. The van der Waals surface area contributed by atoms with Gasteiger partial charge in [-0.25, -0.2) is 0 Å². The van der Waals surface area contributed by atoms with Crippen molar-refractivity contribution in [2.45, 2.75) is 13.3 Å². The second-order valence-electron chi connectivity index (χ2n) is 1.81. The summed E-state index contributed by atoms with van der Waals surface area (Å²) >= 11 is 0. The molecule has 0 aromatic carbocycles. The smallest absolute Gasteiger partial charge is 0.00148 e. The summed E-state index contributed by atoms with van der Waals surface area (Å²) in [5.41, 5.74) is 1.24. The Labute approximate surface area is 57.6 Å². The summed E-state index contributed by atoms with van der Waals surface area (Å²) in [6.07, 6.45) is 1.09. The van der Waals surface area contributed by atoms with Crippen molar-refractivity contribution < 1.29 is 0 Å². The van der Waals surface area contributed by atoms with E-state index in [2.05, 4.69) is 11.9 Å². The Balaban J connectivity index is 0. The van der Waals surface area contributed by atoms with Crippen molar-refractivity contribution in [2.24, 2.45) is 0 Å². The molecular formula is C6H14ClN. The van der Waals surface area contributed by atoms with E-state index in [1.165, 1.54) is 5.57 Å². The second-order valence-corrected chi connectivity index (χ2v) is 1.81. The van der Waals surface area contributed by atoms with Crippen molar-refractivity contribution in [2.75, 3.05) is 13.6 Å². The van der Waals surface area contributed by atoms with Crippen LogP contribution < -0.4 is 5.32 Å². The van der Waals surface area contributed by atoms with Crippen LogP contribution in [-0.2, 0) is 0 Å². The highest BCUT2D eigenvalue weighted by Crippen LogP contribution is 1.90. The summed E-state index contributed by atoms with van der Waals surface area (Å²) in [6, 6.07) is 0. The molecule has 0 bridgehead atoms. The molecule has 0 fully saturated rings. The average molecular weight is 136 g/mol. The predicted octanol–water partition coefficient (Wildman–Crippen LogP) is 1.59. The number of hydrogen-bond donors (Lipinski definition) is 1. The Morgan fingerprint density at radius 1 is 1.62 bits per heavy atom. The normalized spacial score (nSPS) is 7.75. The summed E-state index contributed by atoms with van der Waals surface area (Å²) in [6.45, 7) is 6.84. The molecule has 0 unspecified atom stereocenters. The maximum absolute atomic E-state index is 3.75. The van der Waals surface area contributed by atoms with Gasteiger partial charge in [0.05, 0.1) is 0 Å². The summed E-state index contributed by atoms with van der Waals surface area (Å²) < 4.78 is 0. The lowest BCUT2D eigenvalue weighted by Crippen LogP contribution is -2.06. The van der Waals surface area contributed by atoms with E-state index >= 15 is 0 Å². The van der Waals surface area contributed by atoms with Gasteiger partial charge in [-0.2, -0.15) is 0 Å². The van der Waals surface area contributed by atoms with Gasteiger partial charge in [-0.1, -0.05) is 5.57 Å². The predicted molar refractivity (Wildman–Crippen MR) is 40.6 cm³/mol. The molecule has 50 valence electrons. The number of nitrogens with one attached hydrogen (secondary N) is 1. The highest BCUT2D eigenvalue weighted by atomic mass is 35.5. The van der Waals surface area contributed by atoms with Crippen LogP contribution in [0.1, 0.15) is 13.3 Å². The molecule has 0 heterocycles. The summed E-state index contributed by atoms with van der Waals surface area (Å²) in [7, 11) is 1.95. The fraction of sp³-hybridized carbons (Fsp3) is 0.667. The van der Waals surface area contributed by atoms with Gasteiger partial charge < -0.3 is 5.32 Å². The maximum Gasteiger partial charge on any atom is -0.00148 e. The van der Waals surface area contributed by atoms with Crippen LogP contribution in [0.5, 0.6) is 0 Å². The Morgan fingerprint density at radius 2 is 2.12 bits per heavy atom. The lowest BCUT2D eigenvalue weighted by Gasteiger charge is -1.94. The fourth-order valence-corrected chi connectivity index (χ4v) is 0.338. The summed E-state index contributed by atoms with van der Waals surface area (Å²) in [5, 5.41) is 3.04. The highest BCUT2D eigenvalue weighted by Gasteiger charge is 1.79. The minimum absolute atomic E-state index is 0. The molecule has 0 amide bonds. The minimum atomic E-state index is 0. The standard InChI is InChI=1S/C6H13N.ClH/c1-6(2)4-5-7-3;/h7H,1,4-5H2,2-3H3;1H. The lowest BCUT2D eigenvalue weighted by molar-refractivity contribution is 0.787. The molecule has 8 heavy (non-hydrogen) atoms. The Morgan fingerprint density at radius 3 is 2.25 bits per heavy atom. The number of halogens is 1. The van der Waals surface area contributed by atoms with Gasteiger partial charge in [0.25, 0.3) is 0 Å². The second kappa shape index (κ2) is 6.99. The van der Waals surface area contributed by atoms with E-state index < -0.39 is 0 Å². The zero-order chi connectivity index (χ0) is 5.70. The molecule has 2 heteroatoms. The topological polar surface area (TPSA) is 12.0 Å². The summed E-state index contributed by atoms with van der Waals surface area (Å²) in [5.74, 6) is 0. The molecule has 0 spiro atoms. The van der Waals surface area contributed by atoms with Gasteiger partial charge in [-0.15, -0.1) is 19.0 Å². The first kappa shape index (κ1) is 10.9. The average Bonchev–Trinajstić information content (AvgIpc) is 1.61. The van der Waals surface area contributed by atoms with Crippen LogP contribution >= 0.6 is 12.4 Å². The van der Waals surface area contributed by atoms with Gasteiger partial charge in [0.1, 0.15) is 0 Å². The van der Waals surface area contributed by atoms with E-state index in [0.717, 1.165) is 13.0 Å². The van der Waals surface area contributed by atoms with Crippen LogP contribution in [0.25, 0.3) is 0 Å². The largest absolute Gasteiger partial charge is 0.319 e. The van der Waals surface area contributed by atoms with Gasteiger partial charge in [-0.05, 0) is 26.9 Å². The molecule has 0 atom stereocenters. The van der Waals surface area contributed by atoms with Gasteiger partial charge >= 0.3 is 0 Å². The van der Waals surface area contributed by atoms with E-state index in [9.17, 15) is 0 Å². The first-order valence-electron chi connectivity index (χ1n) is 2.56. The maximum atomic E-state index is 3.75. The molecule has 0 rings (SSSR count). The van der Waals surface area contributed by atoms with Crippen molar-refractivity contribution >= 4 is 12.4 Å². The van der Waals surface area contributed by atoms with Crippen molar-refractivity contribution in [3.8, 4) is 0 Å². The van der Waals surface area contributed by atoms with Crippen LogP contribution in [0.4, 0.5) is 0 Å². The molecular weight excluding hydrogens is 122 g/mol. The van der Waals surface area contributed by atoms with E-state index in [0.29, 0.717) is 0 Å². The SMILES string of the molecule is C=C(C)CCNC.Cl. The van der Waals surface area contributed by atoms with Crippen molar-refractivity contribution in [3.05, 3.63) is 12.2 Å². The van der Waals surface area contributed by atoms with Crippen LogP contribution in [0, 0.1) is 0 Å². The highest BCUT2D eigenvalue weighted by molar-refractivity contribution is 5.85. The third kappa shape index (κ3) is 9.37. The molecule has 0 aromatic rings. The Kier molecular flexibility index (Phi) is 9.51. The molecule has 0 aromatic heterocycles. The van der Waals surface area contributed by atoms with E-state index in [4.69, 9.17) is 0 Å². The van der Waals surface area contributed by atoms with Crippen molar-refractivity contribution in [1.29, 1.82) is 0 Å². The minimum Gasteiger partial charge on any atom is -0.319 e. The van der Waals surface area contributed by atoms with Gasteiger partial charge in [0.2, 0.25) is 0 Å². The van der Waals surface area contributed by atoms with Crippen LogP contribution in [-0.4, -0.2) is 13.6 Å². The monoisotopic (exact) mass is 135 g/mol. The molecule has 0 aliphatic rings. The van der Waals surface area contributed by atoms with Crippen LogP contribution in [0.2, 0.25) is 0 Å². The van der Waals surface area contributed by atoms with E-state index in [1.807, 2.05) is 14.0 Å². The van der Waals surface area contributed by atoms with Gasteiger partial charge in [0, 0.05) is 0 Å². The third-order valence-corrected chi connectivity index (χ3v) is 0.802. The summed E-state index contributed by atoms with van der Waals surface area (Å²) in [4.78, 5) is 0. The fourth-order valence-electron chi connectivity index (χ4n) is 0.338. The molecule has 0 aliphatic carbocycles. The Hall–Kier alpha value is -0.0100. The molecule has 0 radical (unpaired) electrons. The lowest BCUT2D eigenvalue weighted by atomic mass is 10.2. The van der Waals surface area contributed by atoms with E-state index in [1.54, 1.807) is 0 Å². The number of rotatable bonds is 3. The van der Waals surface area contributed by atoms with Crippen LogP contribution in [0.3, 0.4) is 0 Å². The molecule has 0 saturated heterocycles. The first-order chi connectivity index (χ1) is 3.27. The van der Waals surface area contributed by atoms with Gasteiger partial charge in [-0.3, -0.25) is 0 Å². The van der Waals surface area contributed by atoms with Crippen molar-refractivity contribution in [3.63, 3.8) is 0 Å². The zero-order valence-corrected chi connectivity index (χ0v) is 6.35. The molecule has 0 aliphatic heterocycles. The molecule has 0 saturated carbocycles. The van der Waals surface area contributed by atoms with E-state index in [-0.39, 0.29) is 12.4 Å². The molecule has 1 N–H and O–H groups in total. The zero-order valence-electron chi connectivity index (χ0n) is 5.53. The van der Waals surface area contributed by atoms with Crippen molar-refractivity contribution in [1.82, 2.24) is 5.32 Å². The van der Waals surface area contributed by atoms with Gasteiger partial charge in [0.15, 0.2) is 0 Å². The first-order valence-corrected chi connectivity index (χ1v) is 2.56. The van der Waals surface area contributed by atoms with Crippen LogP contribution in [0.15, 0.2) is 12.2 Å². The third-order valence-electron chi connectivity index (χ3n) is 0.802. The Bertz CT molecular complexity index is 61.5. The molecule has 1 nitrogen and oxygen atoms in total.